The van der Waals surface area contributed by atoms with Crippen LogP contribution in [0.25, 0.3) is 21.8 Å². The quantitative estimate of drug-likeness (QED) is 0.299. The Morgan fingerprint density at radius 1 is 0.943 bits per heavy atom. The summed E-state index contributed by atoms with van der Waals surface area (Å²) in [5.74, 6) is -1.15. The monoisotopic (exact) mass is 493 g/mol. The van der Waals surface area contributed by atoms with Crippen molar-refractivity contribution in [3.63, 3.8) is 0 Å². The first kappa shape index (κ1) is 24.1. The zero-order chi connectivity index (χ0) is 25.2. The Morgan fingerprint density at radius 2 is 1.49 bits per heavy atom. The lowest BCUT2D eigenvalue weighted by atomic mass is 10.1. The van der Waals surface area contributed by atoms with Crippen molar-refractivity contribution >= 4 is 43.7 Å². The van der Waals surface area contributed by atoms with Crippen molar-refractivity contribution in [2.24, 2.45) is 5.14 Å². The summed E-state index contributed by atoms with van der Waals surface area (Å²) in [5.41, 5.74) is 1.72. The van der Waals surface area contributed by atoms with Gasteiger partial charge in [-0.1, -0.05) is 36.4 Å². The second-order valence-corrected chi connectivity index (χ2v) is 9.57. The zero-order valence-electron chi connectivity index (χ0n) is 18.8. The number of hydrogen-bond acceptors (Lipinski definition) is 6. The van der Waals surface area contributed by atoms with E-state index in [1.54, 1.807) is 72.2 Å². The van der Waals surface area contributed by atoms with E-state index < -0.39 is 34.5 Å². The second kappa shape index (κ2) is 9.69. The molecule has 1 unspecified atom stereocenters. The minimum atomic E-state index is -3.81. The first-order valence-electron chi connectivity index (χ1n) is 10.7. The van der Waals surface area contributed by atoms with E-state index >= 15 is 0 Å². The first-order valence-corrected chi connectivity index (χ1v) is 12.3. The van der Waals surface area contributed by atoms with Gasteiger partial charge in [0.15, 0.2) is 12.0 Å². The van der Waals surface area contributed by atoms with Gasteiger partial charge in [0, 0.05) is 10.8 Å². The van der Waals surface area contributed by atoms with Gasteiger partial charge in [-0.15, -0.1) is 0 Å². The van der Waals surface area contributed by atoms with Crippen LogP contribution in [-0.4, -0.2) is 31.5 Å². The number of para-hydroxylation sites is 2. The molecular weight excluding hydrogens is 470 g/mol. The fourth-order valence-electron chi connectivity index (χ4n) is 3.88. The van der Waals surface area contributed by atoms with Crippen molar-refractivity contribution in [2.45, 2.75) is 24.4 Å². The lowest BCUT2D eigenvalue weighted by Crippen LogP contribution is -2.31. The van der Waals surface area contributed by atoms with Crippen molar-refractivity contribution in [3.05, 3.63) is 88.6 Å². The van der Waals surface area contributed by atoms with Crippen molar-refractivity contribution in [1.82, 2.24) is 9.88 Å². The zero-order valence-corrected chi connectivity index (χ0v) is 19.6. The highest BCUT2D eigenvalue weighted by Gasteiger charge is 2.16. The Labute approximate surface area is 201 Å². The van der Waals surface area contributed by atoms with E-state index in [0.717, 1.165) is 0 Å². The Hall–Kier alpha value is -4.02. The summed E-state index contributed by atoms with van der Waals surface area (Å²) in [4.78, 5) is 37.7. The summed E-state index contributed by atoms with van der Waals surface area (Å²) in [6.45, 7) is 1.04. The van der Waals surface area contributed by atoms with Crippen molar-refractivity contribution in [3.8, 4) is 0 Å². The number of esters is 1. The highest BCUT2D eigenvalue weighted by atomic mass is 32.2. The fourth-order valence-corrected chi connectivity index (χ4v) is 4.40. The molecule has 1 atom stereocenters. The molecule has 0 saturated heterocycles. The number of nitrogens with one attached hydrogen (secondary N) is 1. The molecular formula is C25H23N3O6S. The largest absolute Gasteiger partial charge is 0.454 e. The molecule has 10 heteroatoms. The Bertz CT molecular complexity index is 1530. The van der Waals surface area contributed by atoms with Crippen LogP contribution in [-0.2, 0) is 30.9 Å². The summed E-state index contributed by atoms with van der Waals surface area (Å²) in [6, 6.07) is 19.3. The second-order valence-electron chi connectivity index (χ2n) is 8.01. The van der Waals surface area contributed by atoms with Gasteiger partial charge in [0.2, 0.25) is 10.0 Å². The molecule has 0 aliphatic heterocycles. The molecule has 0 spiro atoms. The van der Waals surface area contributed by atoms with Crippen LogP contribution in [0.4, 0.5) is 0 Å². The van der Waals surface area contributed by atoms with Crippen LogP contribution in [0.1, 0.15) is 18.5 Å². The van der Waals surface area contributed by atoms with Crippen molar-refractivity contribution < 1.29 is 22.7 Å². The predicted molar refractivity (Wildman–Crippen MR) is 131 cm³/mol. The molecule has 0 fully saturated rings. The third-order valence-electron chi connectivity index (χ3n) is 5.62. The molecule has 0 saturated carbocycles. The van der Waals surface area contributed by atoms with Crippen LogP contribution < -0.4 is 15.9 Å². The van der Waals surface area contributed by atoms with Gasteiger partial charge in [0.1, 0.15) is 6.54 Å². The maximum Gasteiger partial charge on any atom is 0.326 e. The molecule has 0 radical (unpaired) electrons. The number of carbonyl (C=O) groups excluding carboxylic acids is 2. The molecule has 0 aliphatic rings. The smallest absolute Gasteiger partial charge is 0.326 e. The number of primary sulfonamides is 1. The lowest BCUT2D eigenvalue weighted by molar-refractivity contribution is -0.149. The van der Waals surface area contributed by atoms with Gasteiger partial charge in [-0.25, -0.2) is 13.6 Å². The topological polar surface area (TPSA) is 138 Å². The molecule has 3 aromatic carbocycles. The molecule has 0 bridgehead atoms. The molecule has 4 aromatic rings. The van der Waals surface area contributed by atoms with Crippen LogP contribution in [0, 0.1) is 0 Å². The molecule has 0 aliphatic carbocycles. The summed E-state index contributed by atoms with van der Waals surface area (Å²) in [5, 5.41) is 8.76. The number of nitrogens with two attached hydrogens (primary N) is 1. The third kappa shape index (κ3) is 5.23. The van der Waals surface area contributed by atoms with Gasteiger partial charge in [-0.3, -0.25) is 14.4 Å². The molecule has 4 rings (SSSR count). The third-order valence-corrected chi connectivity index (χ3v) is 6.55. The minimum Gasteiger partial charge on any atom is -0.454 e. The van der Waals surface area contributed by atoms with E-state index in [1.165, 1.54) is 12.1 Å². The van der Waals surface area contributed by atoms with Crippen molar-refractivity contribution in [1.29, 1.82) is 0 Å². The number of fused-ring (bicyclic) bond motifs is 2. The van der Waals surface area contributed by atoms with E-state index in [9.17, 15) is 22.8 Å². The standard InChI is InChI=1S/C25H23N3O6S/c1-16(17-10-12-18(13-11-17)35(26,32)33)27-23(29)15-34-24(30)14-28-21-8-4-2-6-19(21)25(31)20-7-3-5-9-22(20)28/h2-13,16H,14-15H2,1H3,(H,27,29)(H2,26,32,33). The number of pyridine rings is 1. The van der Waals surface area contributed by atoms with Gasteiger partial charge >= 0.3 is 5.97 Å². The summed E-state index contributed by atoms with van der Waals surface area (Å²) in [7, 11) is -3.81. The average molecular weight is 494 g/mol. The molecule has 1 amide bonds. The van der Waals surface area contributed by atoms with Gasteiger partial charge in [0.25, 0.3) is 5.91 Å². The predicted octanol–water partition coefficient (Wildman–Crippen LogP) is 2.22. The number of nitrogens with zero attached hydrogens (tertiary/aromatic N) is 1. The molecule has 1 heterocycles. The van der Waals surface area contributed by atoms with Crippen LogP contribution in [0.15, 0.2) is 82.5 Å². The molecule has 9 nitrogen and oxygen atoms in total. The SMILES string of the molecule is CC(NC(=O)COC(=O)Cn1c2ccccc2c(=O)c2ccccc21)c1ccc(S(N)(=O)=O)cc1. The normalized spacial score (nSPS) is 12.4. The van der Waals surface area contributed by atoms with Gasteiger partial charge in [0.05, 0.1) is 22.0 Å². The van der Waals surface area contributed by atoms with Crippen LogP contribution in [0.3, 0.4) is 0 Å². The average Bonchev–Trinajstić information content (AvgIpc) is 2.85. The summed E-state index contributed by atoms with van der Waals surface area (Å²) < 4.78 is 29.6. The maximum atomic E-state index is 12.8. The van der Waals surface area contributed by atoms with Crippen LogP contribution >= 0.6 is 0 Å². The number of aromatic nitrogens is 1. The maximum absolute atomic E-state index is 12.8. The van der Waals surface area contributed by atoms with Gasteiger partial charge < -0.3 is 14.6 Å². The molecule has 3 N–H and O–H groups in total. The number of sulfonamides is 1. The Morgan fingerprint density at radius 3 is 2.03 bits per heavy atom. The van der Waals surface area contributed by atoms with Gasteiger partial charge in [-0.05, 0) is 48.9 Å². The van der Waals surface area contributed by atoms with Crippen LogP contribution in [0.5, 0.6) is 0 Å². The first-order chi connectivity index (χ1) is 16.6. The van der Waals surface area contributed by atoms with E-state index in [4.69, 9.17) is 9.88 Å². The Kier molecular flexibility index (Phi) is 6.68. The fraction of sp³-hybridized carbons (Fsp3) is 0.160. The van der Waals surface area contributed by atoms with Crippen LogP contribution in [0.2, 0.25) is 0 Å². The molecule has 35 heavy (non-hydrogen) atoms. The van der Waals surface area contributed by atoms with E-state index in [2.05, 4.69) is 5.32 Å². The molecule has 1 aromatic heterocycles. The Balaban J connectivity index is 1.43. The van der Waals surface area contributed by atoms with E-state index in [0.29, 0.717) is 27.4 Å². The summed E-state index contributed by atoms with van der Waals surface area (Å²) in [6.07, 6.45) is 0. The highest BCUT2D eigenvalue weighted by Crippen LogP contribution is 2.19. The summed E-state index contributed by atoms with van der Waals surface area (Å²) >= 11 is 0. The number of rotatable bonds is 7. The van der Waals surface area contributed by atoms with Gasteiger partial charge in [-0.2, -0.15) is 0 Å². The number of hydrogen-bond donors (Lipinski definition) is 2. The number of carbonyl (C=O) groups is 2. The number of ether oxygens (including phenoxy) is 1. The minimum absolute atomic E-state index is 0.0312. The highest BCUT2D eigenvalue weighted by molar-refractivity contribution is 7.89. The number of amides is 1. The van der Waals surface area contributed by atoms with E-state index in [1.807, 2.05) is 0 Å². The van der Waals surface area contributed by atoms with Crippen molar-refractivity contribution in [2.75, 3.05) is 6.61 Å². The number of benzene rings is 3. The lowest BCUT2D eigenvalue weighted by Gasteiger charge is -2.16. The molecule has 180 valence electrons. The van der Waals surface area contributed by atoms with E-state index in [-0.39, 0.29) is 16.9 Å².